The summed E-state index contributed by atoms with van der Waals surface area (Å²) in [6.45, 7) is 2.80. The van der Waals surface area contributed by atoms with Crippen LogP contribution in [0, 0.1) is 0 Å². The predicted octanol–water partition coefficient (Wildman–Crippen LogP) is 4.46. The number of hydrogen-bond acceptors (Lipinski definition) is 3. The van der Waals surface area contributed by atoms with Gasteiger partial charge in [0.2, 0.25) is 0 Å². The summed E-state index contributed by atoms with van der Waals surface area (Å²) in [5, 5.41) is 0. The minimum Gasteiger partial charge on any atom is -0.494 e. The molecule has 0 saturated carbocycles. The van der Waals surface area contributed by atoms with Crippen molar-refractivity contribution in [3.05, 3.63) is 39.5 Å². The molecule has 0 unspecified atom stereocenters. The van der Waals surface area contributed by atoms with Gasteiger partial charge in [-0.25, -0.2) is 9.97 Å². The summed E-state index contributed by atoms with van der Waals surface area (Å²) in [6, 6.07) is 9.60. The van der Waals surface area contributed by atoms with Crippen LogP contribution in [0.3, 0.4) is 0 Å². The number of ether oxygens (including phenoxy) is 1. The third-order valence-electron chi connectivity index (χ3n) is 2.23. The number of aromatic nitrogens is 2. The average Bonchev–Trinajstić information content (AvgIpc) is 2.35. The van der Waals surface area contributed by atoms with E-state index in [0.717, 1.165) is 26.9 Å². The molecule has 0 bridgehead atoms. The molecule has 0 fully saturated rings. The van der Waals surface area contributed by atoms with Crippen molar-refractivity contribution in [2.75, 3.05) is 6.61 Å². The molecule has 0 N–H and O–H groups in total. The highest BCUT2D eigenvalue weighted by molar-refractivity contribution is 9.11. The highest BCUT2D eigenvalue weighted by atomic mass is 79.9. The van der Waals surface area contributed by atoms with Crippen LogP contribution in [0.25, 0.3) is 11.4 Å². The third kappa shape index (κ3) is 3.53. The Bertz CT molecular complexity index is 526. The van der Waals surface area contributed by atoms with Crippen molar-refractivity contribution in [2.45, 2.75) is 13.3 Å². The molecule has 0 aliphatic rings. The summed E-state index contributed by atoms with van der Waals surface area (Å²) >= 11 is 6.72. The van der Waals surface area contributed by atoms with Gasteiger partial charge in [0.1, 0.15) is 15.0 Å². The van der Waals surface area contributed by atoms with Gasteiger partial charge in [-0.1, -0.05) is 19.1 Å². The van der Waals surface area contributed by atoms with Gasteiger partial charge in [-0.05, 0) is 50.4 Å². The number of hydrogen-bond donors (Lipinski definition) is 0. The van der Waals surface area contributed by atoms with Gasteiger partial charge >= 0.3 is 0 Å². The summed E-state index contributed by atoms with van der Waals surface area (Å²) in [5.74, 6) is 1.51. The Morgan fingerprint density at radius 1 is 1.11 bits per heavy atom. The predicted molar refractivity (Wildman–Crippen MR) is 78.7 cm³/mol. The first kappa shape index (κ1) is 13.5. The first-order valence-electron chi connectivity index (χ1n) is 5.62. The van der Waals surface area contributed by atoms with E-state index in [1.54, 1.807) is 6.07 Å². The summed E-state index contributed by atoms with van der Waals surface area (Å²) in [6.07, 6.45) is 0.989. The van der Waals surface area contributed by atoms with Gasteiger partial charge in [0.25, 0.3) is 0 Å². The molecule has 2 aromatic rings. The van der Waals surface area contributed by atoms with Crippen LogP contribution in [-0.2, 0) is 0 Å². The minimum atomic E-state index is 0.665. The molecule has 0 saturated heterocycles. The smallest absolute Gasteiger partial charge is 0.161 e. The number of nitrogens with zero attached hydrogens (tertiary/aromatic N) is 2. The lowest BCUT2D eigenvalue weighted by Crippen LogP contribution is -1.96. The summed E-state index contributed by atoms with van der Waals surface area (Å²) in [7, 11) is 0. The normalized spacial score (nSPS) is 10.4. The Kier molecular flexibility index (Phi) is 4.72. The molecule has 1 heterocycles. The summed E-state index contributed by atoms with van der Waals surface area (Å²) in [5.41, 5.74) is 0.936. The zero-order valence-electron chi connectivity index (χ0n) is 9.86. The number of benzene rings is 1. The molecule has 3 nitrogen and oxygen atoms in total. The van der Waals surface area contributed by atoms with Crippen LogP contribution in [0.1, 0.15) is 13.3 Å². The molecule has 94 valence electrons. The van der Waals surface area contributed by atoms with Gasteiger partial charge < -0.3 is 4.74 Å². The molecule has 0 aliphatic heterocycles. The maximum Gasteiger partial charge on any atom is 0.161 e. The molecule has 2 rings (SSSR count). The third-order valence-corrected chi connectivity index (χ3v) is 3.04. The van der Waals surface area contributed by atoms with E-state index in [-0.39, 0.29) is 0 Å². The Morgan fingerprint density at radius 3 is 2.50 bits per heavy atom. The lowest BCUT2D eigenvalue weighted by atomic mass is 10.2. The van der Waals surface area contributed by atoms with Crippen LogP contribution < -0.4 is 4.74 Å². The van der Waals surface area contributed by atoms with Crippen molar-refractivity contribution in [3.8, 4) is 17.1 Å². The minimum absolute atomic E-state index is 0.665. The monoisotopic (exact) mass is 370 g/mol. The lowest BCUT2D eigenvalue weighted by molar-refractivity contribution is 0.317. The van der Waals surface area contributed by atoms with Gasteiger partial charge in [-0.2, -0.15) is 0 Å². The summed E-state index contributed by atoms with van der Waals surface area (Å²) in [4.78, 5) is 8.69. The van der Waals surface area contributed by atoms with E-state index in [9.17, 15) is 0 Å². The topological polar surface area (TPSA) is 35.0 Å². The van der Waals surface area contributed by atoms with Crippen LogP contribution in [0.15, 0.2) is 39.5 Å². The summed E-state index contributed by atoms with van der Waals surface area (Å²) < 4.78 is 7.10. The van der Waals surface area contributed by atoms with E-state index in [1.807, 2.05) is 24.3 Å². The number of rotatable bonds is 4. The molecule has 1 aromatic carbocycles. The maximum absolute atomic E-state index is 5.60. The van der Waals surface area contributed by atoms with Crippen molar-refractivity contribution in [1.29, 1.82) is 0 Å². The molecule has 0 aliphatic carbocycles. The van der Waals surface area contributed by atoms with Crippen molar-refractivity contribution < 1.29 is 4.74 Å². The number of halogens is 2. The van der Waals surface area contributed by atoms with Crippen LogP contribution in [-0.4, -0.2) is 16.6 Å². The van der Waals surface area contributed by atoms with Crippen molar-refractivity contribution in [2.24, 2.45) is 0 Å². The Hall–Kier alpha value is -0.940. The van der Waals surface area contributed by atoms with Gasteiger partial charge in [0, 0.05) is 11.6 Å². The van der Waals surface area contributed by atoms with Crippen LogP contribution >= 0.6 is 31.9 Å². The molecular weight excluding hydrogens is 360 g/mol. The molecule has 1 aromatic heterocycles. The molecule has 0 spiro atoms. The Morgan fingerprint density at radius 2 is 1.83 bits per heavy atom. The van der Waals surface area contributed by atoms with E-state index < -0.39 is 0 Å². The second kappa shape index (κ2) is 6.29. The quantitative estimate of drug-likeness (QED) is 0.744. The van der Waals surface area contributed by atoms with Gasteiger partial charge in [-0.3, -0.25) is 0 Å². The molecule has 0 atom stereocenters. The SMILES string of the molecule is CCCOc1cccc(-c2nc(Br)cc(Br)n2)c1. The molecule has 0 amide bonds. The van der Waals surface area contributed by atoms with Crippen LogP contribution in [0.4, 0.5) is 0 Å². The Labute approximate surface area is 123 Å². The van der Waals surface area contributed by atoms with E-state index in [0.29, 0.717) is 12.4 Å². The average molecular weight is 372 g/mol. The van der Waals surface area contributed by atoms with Crippen LogP contribution in [0.2, 0.25) is 0 Å². The fourth-order valence-electron chi connectivity index (χ4n) is 1.46. The van der Waals surface area contributed by atoms with Crippen molar-refractivity contribution in [1.82, 2.24) is 9.97 Å². The highest BCUT2D eigenvalue weighted by Crippen LogP contribution is 2.24. The first-order chi connectivity index (χ1) is 8.69. The molecular formula is C13H12Br2N2O. The highest BCUT2D eigenvalue weighted by Gasteiger charge is 2.05. The second-order valence-electron chi connectivity index (χ2n) is 3.71. The second-order valence-corrected chi connectivity index (χ2v) is 5.34. The molecule has 0 radical (unpaired) electrons. The van der Waals surface area contributed by atoms with E-state index in [2.05, 4.69) is 48.8 Å². The zero-order valence-corrected chi connectivity index (χ0v) is 13.0. The van der Waals surface area contributed by atoms with Crippen LogP contribution in [0.5, 0.6) is 5.75 Å². The standard InChI is InChI=1S/C13H12Br2N2O/c1-2-6-18-10-5-3-4-9(7-10)13-16-11(14)8-12(15)17-13/h3-5,7-8H,2,6H2,1H3. The lowest BCUT2D eigenvalue weighted by Gasteiger charge is -2.06. The molecule has 5 heteroatoms. The maximum atomic E-state index is 5.60. The van der Waals surface area contributed by atoms with E-state index in [4.69, 9.17) is 4.74 Å². The van der Waals surface area contributed by atoms with Crippen molar-refractivity contribution in [3.63, 3.8) is 0 Å². The zero-order chi connectivity index (χ0) is 13.0. The van der Waals surface area contributed by atoms with Crippen molar-refractivity contribution >= 4 is 31.9 Å². The van der Waals surface area contributed by atoms with Gasteiger partial charge in [0.15, 0.2) is 5.82 Å². The van der Waals surface area contributed by atoms with Gasteiger partial charge in [0.05, 0.1) is 6.61 Å². The molecule has 18 heavy (non-hydrogen) atoms. The Balaban J connectivity index is 2.32. The largest absolute Gasteiger partial charge is 0.494 e. The fraction of sp³-hybridized carbons (Fsp3) is 0.231. The van der Waals surface area contributed by atoms with Gasteiger partial charge in [-0.15, -0.1) is 0 Å². The van der Waals surface area contributed by atoms with E-state index >= 15 is 0 Å². The first-order valence-corrected chi connectivity index (χ1v) is 7.21. The van der Waals surface area contributed by atoms with E-state index in [1.165, 1.54) is 0 Å². The fourth-order valence-corrected chi connectivity index (χ4v) is 2.54.